The average Bonchev–Trinajstić information content (AvgIpc) is 2.27. The number of nitrogens with one attached hydrogen (secondary N) is 3. The zero-order valence-electron chi connectivity index (χ0n) is 11.8. The molecule has 0 aliphatic carbocycles. The Balaban J connectivity index is 3.80. The van der Waals surface area contributed by atoms with Crippen LogP contribution in [0.5, 0.6) is 0 Å². The molecule has 20 heavy (non-hydrogen) atoms. The van der Waals surface area contributed by atoms with Gasteiger partial charge in [0, 0.05) is 25.6 Å². The Morgan fingerprint density at radius 1 is 1.30 bits per heavy atom. The van der Waals surface area contributed by atoms with Crippen molar-refractivity contribution >= 4 is 22.0 Å². The van der Waals surface area contributed by atoms with Crippen LogP contribution in [0, 0.1) is 0 Å². The van der Waals surface area contributed by atoms with E-state index in [1.807, 2.05) is 0 Å². The third kappa shape index (κ3) is 10.6. The van der Waals surface area contributed by atoms with E-state index in [0.717, 1.165) is 0 Å². The number of amides is 2. The van der Waals surface area contributed by atoms with Gasteiger partial charge < -0.3 is 15.7 Å². The average molecular weight is 309 g/mol. The highest BCUT2D eigenvalue weighted by Crippen LogP contribution is 2.00. The Labute approximate surface area is 119 Å². The molecule has 2 amide bonds. The number of urea groups is 1. The molecule has 0 aliphatic heterocycles. The van der Waals surface area contributed by atoms with Crippen LogP contribution in [0.2, 0.25) is 0 Å². The van der Waals surface area contributed by atoms with Crippen molar-refractivity contribution < 1.29 is 23.1 Å². The smallest absolute Gasteiger partial charge is 0.315 e. The van der Waals surface area contributed by atoms with Gasteiger partial charge in [0.1, 0.15) is 0 Å². The van der Waals surface area contributed by atoms with Crippen LogP contribution in [0.4, 0.5) is 4.79 Å². The number of aliphatic carboxylic acids is 1. The molecule has 0 heterocycles. The first-order valence-corrected chi connectivity index (χ1v) is 8.15. The largest absolute Gasteiger partial charge is 0.481 e. The van der Waals surface area contributed by atoms with Gasteiger partial charge in [-0.15, -0.1) is 0 Å². The second-order valence-electron chi connectivity index (χ2n) is 4.40. The van der Waals surface area contributed by atoms with Crippen molar-refractivity contribution in [2.24, 2.45) is 0 Å². The SMILES string of the molecule is CCNS(=O)(=O)CCNC(=O)NC(C)CCCC(=O)O. The minimum absolute atomic E-state index is 0.0169. The second-order valence-corrected chi connectivity index (χ2v) is 6.33. The van der Waals surface area contributed by atoms with E-state index >= 15 is 0 Å². The van der Waals surface area contributed by atoms with Crippen molar-refractivity contribution in [1.29, 1.82) is 0 Å². The Bertz CT molecular complexity index is 410. The minimum Gasteiger partial charge on any atom is -0.481 e. The molecule has 0 aliphatic rings. The van der Waals surface area contributed by atoms with E-state index in [9.17, 15) is 18.0 Å². The van der Waals surface area contributed by atoms with Crippen LogP contribution in [0.1, 0.15) is 33.1 Å². The molecule has 9 heteroatoms. The summed E-state index contributed by atoms with van der Waals surface area (Å²) in [4.78, 5) is 21.8. The molecule has 0 saturated carbocycles. The number of carboxylic acids is 1. The van der Waals surface area contributed by atoms with E-state index in [4.69, 9.17) is 5.11 Å². The molecule has 118 valence electrons. The highest BCUT2D eigenvalue weighted by atomic mass is 32.2. The third-order valence-corrected chi connectivity index (χ3v) is 3.90. The van der Waals surface area contributed by atoms with Gasteiger partial charge in [-0.1, -0.05) is 6.92 Å². The van der Waals surface area contributed by atoms with Gasteiger partial charge in [0.15, 0.2) is 0 Å². The lowest BCUT2D eigenvalue weighted by Crippen LogP contribution is -2.43. The maximum absolute atomic E-state index is 11.4. The van der Waals surface area contributed by atoms with Crippen LogP contribution >= 0.6 is 0 Å². The van der Waals surface area contributed by atoms with E-state index in [1.54, 1.807) is 13.8 Å². The van der Waals surface area contributed by atoms with Gasteiger partial charge in [-0.05, 0) is 19.8 Å². The lowest BCUT2D eigenvalue weighted by molar-refractivity contribution is -0.137. The maximum atomic E-state index is 11.4. The zero-order valence-corrected chi connectivity index (χ0v) is 12.6. The number of carboxylic acid groups (broad SMARTS) is 1. The standard InChI is InChI=1S/C11H23N3O5S/c1-3-13-20(18,19)8-7-12-11(17)14-9(2)5-4-6-10(15)16/h9,13H,3-8H2,1-2H3,(H,15,16)(H2,12,14,17). The fourth-order valence-corrected chi connectivity index (χ4v) is 2.45. The molecule has 0 aromatic heterocycles. The monoisotopic (exact) mass is 309 g/mol. The normalized spacial score (nSPS) is 12.7. The first-order valence-electron chi connectivity index (χ1n) is 6.50. The summed E-state index contributed by atoms with van der Waals surface area (Å²) in [6, 6.07) is -0.626. The van der Waals surface area contributed by atoms with Gasteiger partial charge >= 0.3 is 12.0 Å². The Morgan fingerprint density at radius 3 is 2.50 bits per heavy atom. The lowest BCUT2D eigenvalue weighted by Gasteiger charge is -2.14. The molecule has 0 fully saturated rings. The van der Waals surface area contributed by atoms with Crippen molar-refractivity contribution in [3.05, 3.63) is 0 Å². The molecule has 1 atom stereocenters. The van der Waals surface area contributed by atoms with Crippen LogP contribution in [-0.4, -0.2) is 50.4 Å². The molecule has 0 spiro atoms. The maximum Gasteiger partial charge on any atom is 0.315 e. The van der Waals surface area contributed by atoms with Gasteiger partial charge in [-0.2, -0.15) is 0 Å². The summed E-state index contributed by atoms with van der Waals surface area (Å²) in [5.41, 5.74) is 0. The second kappa shape index (κ2) is 9.54. The predicted octanol–water partition coefficient (Wildman–Crippen LogP) is -0.132. The number of carbonyl (C=O) groups excluding carboxylic acids is 1. The summed E-state index contributed by atoms with van der Waals surface area (Å²) in [6.45, 7) is 3.77. The molecule has 0 aromatic rings. The number of sulfonamides is 1. The predicted molar refractivity (Wildman–Crippen MR) is 74.9 cm³/mol. The van der Waals surface area contributed by atoms with Gasteiger partial charge in [0.05, 0.1) is 5.75 Å². The summed E-state index contributed by atoms with van der Waals surface area (Å²) in [5, 5.41) is 13.5. The van der Waals surface area contributed by atoms with Gasteiger partial charge in [0.25, 0.3) is 0 Å². The van der Waals surface area contributed by atoms with Crippen LogP contribution in [-0.2, 0) is 14.8 Å². The molecular formula is C11H23N3O5S. The van der Waals surface area contributed by atoms with Gasteiger partial charge in [0.2, 0.25) is 10.0 Å². The fourth-order valence-electron chi connectivity index (χ4n) is 1.50. The summed E-state index contributed by atoms with van der Waals surface area (Å²) < 4.78 is 24.9. The topological polar surface area (TPSA) is 125 Å². The van der Waals surface area contributed by atoms with E-state index in [0.29, 0.717) is 19.4 Å². The minimum atomic E-state index is -3.34. The summed E-state index contributed by atoms with van der Waals surface area (Å²) in [6.07, 6.45) is 1.09. The highest BCUT2D eigenvalue weighted by molar-refractivity contribution is 7.89. The molecule has 0 radical (unpaired) electrons. The first kappa shape index (κ1) is 18.7. The quantitative estimate of drug-likeness (QED) is 0.447. The van der Waals surface area contributed by atoms with E-state index in [1.165, 1.54) is 0 Å². The van der Waals surface area contributed by atoms with Crippen molar-refractivity contribution in [1.82, 2.24) is 15.4 Å². The van der Waals surface area contributed by atoms with Crippen molar-refractivity contribution in [2.45, 2.75) is 39.2 Å². The number of rotatable bonds is 10. The van der Waals surface area contributed by atoms with E-state index in [2.05, 4.69) is 15.4 Å². The van der Waals surface area contributed by atoms with Gasteiger partial charge in [-0.3, -0.25) is 4.79 Å². The van der Waals surface area contributed by atoms with E-state index < -0.39 is 22.0 Å². The van der Waals surface area contributed by atoms with Crippen molar-refractivity contribution in [2.75, 3.05) is 18.8 Å². The molecule has 1 unspecified atom stereocenters. The third-order valence-electron chi connectivity index (χ3n) is 2.43. The Morgan fingerprint density at radius 2 is 1.95 bits per heavy atom. The first-order chi connectivity index (χ1) is 9.26. The molecule has 8 nitrogen and oxygen atoms in total. The van der Waals surface area contributed by atoms with Crippen LogP contribution in [0.25, 0.3) is 0 Å². The highest BCUT2D eigenvalue weighted by Gasteiger charge is 2.11. The molecule has 0 saturated heterocycles. The summed E-state index contributed by atoms with van der Waals surface area (Å²) in [5.74, 6) is -1.04. The summed E-state index contributed by atoms with van der Waals surface area (Å²) in [7, 11) is -3.34. The number of carbonyl (C=O) groups is 2. The van der Waals surface area contributed by atoms with Crippen LogP contribution in [0.15, 0.2) is 0 Å². The van der Waals surface area contributed by atoms with Crippen LogP contribution < -0.4 is 15.4 Å². The van der Waals surface area contributed by atoms with E-state index in [-0.39, 0.29) is 24.8 Å². The van der Waals surface area contributed by atoms with Crippen molar-refractivity contribution in [3.63, 3.8) is 0 Å². The fraction of sp³-hybridized carbons (Fsp3) is 0.818. The molecule has 0 bridgehead atoms. The lowest BCUT2D eigenvalue weighted by atomic mass is 10.1. The molecular weight excluding hydrogens is 286 g/mol. The zero-order chi connectivity index (χ0) is 15.6. The van der Waals surface area contributed by atoms with Crippen LogP contribution in [0.3, 0.4) is 0 Å². The molecule has 4 N–H and O–H groups in total. The molecule has 0 aromatic carbocycles. The number of hydrogen-bond donors (Lipinski definition) is 4. The number of hydrogen-bond acceptors (Lipinski definition) is 4. The Hall–Kier alpha value is -1.35. The Kier molecular flexibility index (Phi) is 8.89. The molecule has 0 rings (SSSR count). The van der Waals surface area contributed by atoms with Crippen molar-refractivity contribution in [3.8, 4) is 0 Å². The van der Waals surface area contributed by atoms with Gasteiger partial charge in [-0.25, -0.2) is 17.9 Å². The summed E-state index contributed by atoms with van der Waals surface area (Å²) >= 11 is 0.